The summed E-state index contributed by atoms with van der Waals surface area (Å²) in [6.07, 6.45) is 2.15. The normalized spacial score (nSPS) is 12.4. The van der Waals surface area contributed by atoms with Crippen molar-refractivity contribution >= 4 is 41.6 Å². The van der Waals surface area contributed by atoms with E-state index in [1.807, 2.05) is 44.4 Å². The molecule has 0 fully saturated rings. The Labute approximate surface area is 181 Å². The summed E-state index contributed by atoms with van der Waals surface area (Å²) in [5.74, 6) is 1.42. The minimum atomic E-state index is -0.964. The van der Waals surface area contributed by atoms with Crippen LogP contribution in [-0.4, -0.2) is 48.0 Å². The van der Waals surface area contributed by atoms with Gasteiger partial charge >= 0.3 is 0 Å². The molecule has 0 saturated heterocycles. The molecule has 0 bridgehead atoms. The summed E-state index contributed by atoms with van der Waals surface area (Å²) < 4.78 is 22.4. The van der Waals surface area contributed by atoms with Gasteiger partial charge in [-0.05, 0) is 39.0 Å². The van der Waals surface area contributed by atoms with Crippen LogP contribution in [0.3, 0.4) is 0 Å². The Balaban J connectivity index is 1.76. The van der Waals surface area contributed by atoms with Gasteiger partial charge in [-0.15, -0.1) is 11.3 Å². The number of nitrogens with one attached hydrogen (secondary N) is 1. The first kappa shape index (κ1) is 22.8. The zero-order valence-corrected chi connectivity index (χ0v) is 19.3. The minimum absolute atomic E-state index is 0.0550. The van der Waals surface area contributed by atoms with E-state index in [9.17, 15) is 0 Å². The molecule has 10 heteroatoms. The lowest BCUT2D eigenvalue weighted by molar-refractivity contribution is 0.0922. The van der Waals surface area contributed by atoms with Crippen LogP contribution in [0, 0.1) is 0 Å². The smallest absolute Gasteiger partial charge is 0.188 e. The molecule has 0 aliphatic heterocycles. The second-order valence-electron chi connectivity index (χ2n) is 6.38. The van der Waals surface area contributed by atoms with Crippen molar-refractivity contribution in [2.75, 3.05) is 32.2 Å². The fourth-order valence-electron chi connectivity index (χ4n) is 2.80. The van der Waals surface area contributed by atoms with Crippen molar-refractivity contribution < 1.29 is 18.5 Å². The van der Waals surface area contributed by atoms with Crippen molar-refractivity contribution in [3.8, 4) is 5.75 Å². The molecule has 0 amide bonds. The quantitative estimate of drug-likeness (QED) is 0.380. The molecule has 3 rings (SSSR count). The average Bonchev–Trinajstić information content (AvgIpc) is 3.16. The van der Waals surface area contributed by atoms with Gasteiger partial charge in [0.25, 0.3) is 0 Å². The molecule has 2 heterocycles. The first-order valence-electron chi connectivity index (χ1n) is 9.78. The fraction of sp³-hybridized carbons (Fsp3) is 0.450. The number of rotatable bonds is 12. The maximum Gasteiger partial charge on any atom is 0.188 e. The van der Waals surface area contributed by atoms with Crippen LogP contribution in [0.5, 0.6) is 5.75 Å². The molecule has 0 aliphatic rings. The summed E-state index contributed by atoms with van der Waals surface area (Å²) in [6.45, 7) is 7.67. The Bertz CT molecular complexity index is 936. The second kappa shape index (κ2) is 11.5. The van der Waals surface area contributed by atoms with Crippen LogP contribution in [0.15, 0.2) is 29.9 Å². The molecule has 2 aromatic heterocycles. The number of ether oxygens (including phenoxy) is 2. The fourth-order valence-corrected chi connectivity index (χ4v) is 4.89. The monoisotopic (exact) mass is 450 g/mol. The highest BCUT2D eigenvalue weighted by atomic mass is 32.1. The molecule has 0 aliphatic carbocycles. The van der Waals surface area contributed by atoms with Crippen LogP contribution in [0.25, 0.3) is 10.9 Å². The topological polar surface area (TPSA) is 87.6 Å². The van der Waals surface area contributed by atoms with Gasteiger partial charge in [0.05, 0.1) is 37.2 Å². The maximum atomic E-state index is 5.91. The van der Waals surface area contributed by atoms with Crippen molar-refractivity contribution in [1.82, 2.24) is 15.0 Å². The minimum Gasteiger partial charge on any atom is -0.488 e. The van der Waals surface area contributed by atoms with Crippen LogP contribution >= 0.6 is 19.7 Å². The molecule has 0 saturated carbocycles. The number of hydrogen-bond donors (Lipinski definition) is 1. The Morgan fingerprint density at radius 2 is 1.97 bits per heavy atom. The van der Waals surface area contributed by atoms with Gasteiger partial charge in [0.2, 0.25) is 0 Å². The van der Waals surface area contributed by atoms with Crippen LogP contribution in [0.4, 0.5) is 10.9 Å². The summed E-state index contributed by atoms with van der Waals surface area (Å²) in [6, 6.07) is 5.75. The number of aromatic nitrogens is 3. The summed E-state index contributed by atoms with van der Waals surface area (Å²) in [5, 5.41) is 6.95. The predicted octanol–water partition coefficient (Wildman–Crippen LogP) is 5.13. The van der Waals surface area contributed by atoms with Gasteiger partial charge in [-0.25, -0.2) is 15.0 Å². The second-order valence-corrected chi connectivity index (χ2v) is 8.74. The molecule has 162 valence electrons. The lowest BCUT2D eigenvalue weighted by atomic mass is 10.2. The summed E-state index contributed by atoms with van der Waals surface area (Å²) >= 11 is 1.52. The molecule has 0 unspecified atom stereocenters. The van der Waals surface area contributed by atoms with E-state index in [1.165, 1.54) is 17.7 Å². The van der Waals surface area contributed by atoms with E-state index < -0.39 is 8.38 Å². The lowest BCUT2D eigenvalue weighted by Crippen LogP contribution is -2.17. The number of hydrogen-bond acceptors (Lipinski definition) is 9. The molecular formula is C20H27N4O4PS. The number of anilines is 2. The van der Waals surface area contributed by atoms with E-state index in [0.717, 1.165) is 27.5 Å². The highest BCUT2D eigenvalue weighted by Gasteiger charge is 2.14. The molecule has 1 aromatic carbocycles. The van der Waals surface area contributed by atoms with Crippen LogP contribution in [0.1, 0.15) is 26.5 Å². The third kappa shape index (κ3) is 6.30. The summed E-state index contributed by atoms with van der Waals surface area (Å²) in [5.41, 5.74) is 1.76. The van der Waals surface area contributed by atoms with Gasteiger partial charge in [0, 0.05) is 17.9 Å². The summed E-state index contributed by atoms with van der Waals surface area (Å²) in [7, 11) is 0.694. The zero-order valence-electron chi connectivity index (χ0n) is 17.6. The van der Waals surface area contributed by atoms with Gasteiger partial charge in [-0.1, -0.05) is 0 Å². The summed E-state index contributed by atoms with van der Waals surface area (Å²) in [4.78, 5) is 13.4. The Kier molecular flexibility index (Phi) is 8.72. The largest absolute Gasteiger partial charge is 0.488 e. The van der Waals surface area contributed by atoms with Crippen molar-refractivity contribution in [2.24, 2.45) is 0 Å². The van der Waals surface area contributed by atoms with E-state index in [2.05, 4.69) is 20.3 Å². The van der Waals surface area contributed by atoms with Gasteiger partial charge in [-0.3, -0.25) is 0 Å². The Morgan fingerprint density at radius 1 is 1.17 bits per heavy atom. The predicted molar refractivity (Wildman–Crippen MR) is 121 cm³/mol. The van der Waals surface area contributed by atoms with Gasteiger partial charge in [0.1, 0.15) is 24.0 Å². The SMILES string of the molecule is CCOP(Cc1csc(Nc2ncnc3ccc(O[C@@H](C)COC)cc23)n1)OCC. The van der Waals surface area contributed by atoms with Crippen molar-refractivity contribution in [2.45, 2.75) is 33.0 Å². The molecule has 1 atom stereocenters. The molecule has 8 nitrogen and oxygen atoms in total. The first-order valence-corrected chi connectivity index (χ1v) is 12.0. The number of methoxy groups -OCH3 is 1. The molecule has 0 radical (unpaired) electrons. The van der Waals surface area contributed by atoms with Crippen LogP contribution in [-0.2, 0) is 19.9 Å². The van der Waals surface area contributed by atoms with Crippen molar-refractivity contribution in [3.63, 3.8) is 0 Å². The molecule has 3 aromatic rings. The van der Waals surface area contributed by atoms with E-state index in [4.69, 9.17) is 18.5 Å². The standard InChI is InChI=1S/C20H27N4O4PS/c1-5-26-29(27-6-2)11-15-12-30-20(23-15)24-19-17-9-16(28-14(3)10-25-4)7-8-18(17)21-13-22-19/h7-9,12-14H,5-6,10-11H2,1-4H3,(H,21,22,23,24)/t14-/m0/s1. The van der Waals surface area contributed by atoms with E-state index >= 15 is 0 Å². The van der Waals surface area contributed by atoms with E-state index in [-0.39, 0.29) is 6.10 Å². The number of fused-ring (bicyclic) bond motifs is 1. The third-order valence-electron chi connectivity index (χ3n) is 3.96. The first-order chi connectivity index (χ1) is 14.6. The van der Waals surface area contributed by atoms with Crippen LogP contribution in [0.2, 0.25) is 0 Å². The molecule has 1 N–H and O–H groups in total. The van der Waals surface area contributed by atoms with E-state index in [1.54, 1.807) is 7.11 Å². The molecular weight excluding hydrogens is 423 g/mol. The molecule has 30 heavy (non-hydrogen) atoms. The Morgan fingerprint density at radius 3 is 2.70 bits per heavy atom. The highest BCUT2D eigenvalue weighted by Crippen LogP contribution is 2.42. The van der Waals surface area contributed by atoms with Gasteiger partial charge in [0.15, 0.2) is 13.5 Å². The number of benzene rings is 1. The molecule has 0 spiro atoms. The average molecular weight is 451 g/mol. The Hall–Kier alpha value is -1.90. The van der Waals surface area contributed by atoms with Gasteiger partial charge in [-0.2, -0.15) is 0 Å². The van der Waals surface area contributed by atoms with Crippen LogP contribution < -0.4 is 10.1 Å². The number of thiazole rings is 1. The lowest BCUT2D eigenvalue weighted by Gasteiger charge is -2.14. The highest BCUT2D eigenvalue weighted by molar-refractivity contribution is 7.46. The van der Waals surface area contributed by atoms with E-state index in [0.29, 0.717) is 31.8 Å². The maximum absolute atomic E-state index is 5.91. The van der Waals surface area contributed by atoms with Crippen molar-refractivity contribution in [1.29, 1.82) is 0 Å². The zero-order chi connectivity index (χ0) is 21.3. The van der Waals surface area contributed by atoms with Gasteiger partial charge < -0.3 is 23.8 Å². The number of nitrogens with zero attached hydrogens (tertiary/aromatic N) is 3. The third-order valence-corrected chi connectivity index (χ3v) is 6.44. The van der Waals surface area contributed by atoms with Crippen molar-refractivity contribution in [3.05, 3.63) is 35.6 Å².